The minimum Gasteiger partial charge on any atom is -0.317 e. The molecule has 4 nitrogen and oxygen atoms in total. The average Bonchev–Trinajstić information content (AvgIpc) is 3.31. The lowest BCUT2D eigenvalue weighted by Gasteiger charge is -2.06. The molecule has 0 aliphatic rings. The molecule has 0 saturated heterocycles. The summed E-state index contributed by atoms with van der Waals surface area (Å²) in [5.41, 5.74) is 3.66. The zero-order chi connectivity index (χ0) is 17.7. The van der Waals surface area contributed by atoms with E-state index in [4.69, 9.17) is 0 Å². The molecule has 5 aromatic rings. The number of imidazole rings is 1. The van der Waals surface area contributed by atoms with Gasteiger partial charge in [-0.25, -0.2) is 9.38 Å². The molecule has 5 rings (SSSR count). The normalized spacial score (nSPS) is 12.4. The molecule has 0 aliphatic heterocycles. The van der Waals surface area contributed by atoms with E-state index < -0.39 is 0 Å². The van der Waals surface area contributed by atoms with Crippen molar-refractivity contribution < 1.29 is 0 Å². The van der Waals surface area contributed by atoms with Crippen molar-refractivity contribution in [1.29, 1.82) is 0 Å². The summed E-state index contributed by atoms with van der Waals surface area (Å²) in [7, 11) is 0. The zero-order valence-corrected chi connectivity index (χ0v) is 15.9. The lowest BCUT2D eigenvalue weighted by Crippen LogP contribution is -2.23. The summed E-state index contributed by atoms with van der Waals surface area (Å²) >= 11 is 4.92. The van der Waals surface area contributed by atoms with E-state index in [1.54, 1.807) is 4.40 Å². The first-order chi connectivity index (χ1) is 12.7. The summed E-state index contributed by atoms with van der Waals surface area (Å²) < 4.78 is 5.44. The Morgan fingerprint density at radius 2 is 1.92 bits per heavy atom. The van der Waals surface area contributed by atoms with Gasteiger partial charge in [0.25, 0.3) is 5.56 Å². The van der Waals surface area contributed by atoms with Gasteiger partial charge in [-0.05, 0) is 48.5 Å². The van der Waals surface area contributed by atoms with Crippen LogP contribution in [-0.2, 0) is 0 Å². The van der Waals surface area contributed by atoms with E-state index in [9.17, 15) is 4.79 Å². The van der Waals surface area contributed by atoms with E-state index in [0.29, 0.717) is 4.53 Å². The second-order valence-corrected chi connectivity index (χ2v) is 7.84. The van der Waals surface area contributed by atoms with Crippen LogP contribution < -0.4 is 10.1 Å². The Morgan fingerprint density at radius 3 is 2.81 bits per heavy atom. The molecule has 0 bridgehead atoms. The van der Waals surface area contributed by atoms with Crippen LogP contribution in [-0.4, -0.2) is 14.0 Å². The topological polar surface area (TPSA) is 39.3 Å². The molecule has 3 aromatic heterocycles. The highest BCUT2D eigenvalue weighted by molar-refractivity contribution is 9.10. The van der Waals surface area contributed by atoms with Gasteiger partial charge in [0, 0.05) is 22.1 Å². The average molecular weight is 422 g/mol. The van der Waals surface area contributed by atoms with Gasteiger partial charge in [0.15, 0.2) is 4.96 Å². The maximum atomic E-state index is 12.9. The number of nitrogens with zero attached hydrogens (tertiary/aromatic N) is 3. The Balaban J connectivity index is 1.72. The fraction of sp³-hybridized carbons (Fsp3) is 0. The Kier molecular flexibility index (Phi) is 3.55. The zero-order valence-electron chi connectivity index (χ0n) is 13.5. The lowest BCUT2D eigenvalue weighted by atomic mass is 10.3. The number of halogens is 1. The van der Waals surface area contributed by atoms with Crippen molar-refractivity contribution >= 4 is 49.3 Å². The molecule has 0 aliphatic carbocycles. The predicted octanol–water partition coefficient (Wildman–Crippen LogP) is 4.01. The number of rotatable bonds is 2. The van der Waals surface area contributed by atoms with Crippen LogP contribution in [0.2, 0.25) is 0 Å². The standard InChI is InChI=1S/C20H12BrN3OS/c21-13-5-3-6-14(11-13)23-10-4-7-15(23)12-18-19(25)24-17-9-2-1-8-16(17)22-20(24)26-18/h1-12H. The molecule has 2 aromatic carbocycles. The largest absolute Gasteiger partial charge is 0.317 e. The number of para-hydroxylation sites is 2. The van der Waals surface area contributed by atoms with Crippen LogP contribution in [0.5, 0.6) is 0 Å². The molecule has 0 atom stereocenters. The molecule has 126 valence electrons. The lowest BCUT2D eigenvalue weighted by molar-refractivity contribution is 1.06. The van der Waals surface area contributed by atoms with Crippen LogP contribution in [0.15, 0.2) is 76.1 Å². The number of hydrogen-bond donors (Lipinski definition) is 0. The number of thiazole rings is 1. The molecule has 0 N–H and O–H groups in total. The fourth-order valence-electron chi connectivity index (χ4n) is 3.12. The number of benzene rings is 2. The second kappa shape index (κ2) is 5.93. The Bertz CT molecular complexity index is 1380. The third-order valence-electron chi connectivity index (χ3n) is 4.29. The fourth-order valence-corrected chi connectivity index (χ4v) is 4.48. The maximum Gasteiger partial charge on any atom is 0.275 e. The first kappa shape index (κ1) is 15.5. The highest BCUT2D eigenvalue weighted by Gasteiger charge is 2.11. The second-order valence-electron chi connectivity index (χ2n) is 5.92. The molecule has 0 unspecified atom stereocenters. The predicted molar refractivity (Wildman–Crippen MR) is 109 cm³/mol. The summed E-state index contributed by atoms with van der Waals surface area (Å²) in [6.45, 7) is 0. The first-order valence-electron chi connectivity index (χ1n) is 8.06. The Labute approximate surface area is 160 Å². The van der Waals surface area contributed by atoms with Crippen LogP contribution in [0, 0.1) is 0 Å². The molecule has 0 amide bonds. The van der Waals surface area contributed by atoms with Gasteiger partial charge in [-0.15, -0.1) is 0 Å². The van der Waals surface area contributed by atoms with Crippen molar-refractivity contribution in [1.82, 2.24) is 14.0 Å². The number of hydrogen-bond acceptors (Lipinski definition) is 3. The molecule has 0 saturated carbocycles. The van der Waals surface area contributed by atoms with Crippen LogP contribution in [0.25, 0.3) is 27.8 Å². The minimum absolute atomic E-state index is 0.0271. The van der Waals surface area contributed by atoms with Gasteiger partial charge in [0.2, 0.25) is 0 Å². The van der Waals surface area contributed by atoms with E-state index in [1.807, 2.05) is 72.9 Å². The molecule has 26 heavy (non-hydrogen) atoms. The van der Waals surface area contributed by atoms with Gasteiger partial charge in [-0.3, -0.25) is 4.79 Å². The monoisotopic (exact) mass is 421 g/mol. The summed E-state index contributed by atoms with van der Waals surface area (Å²) in [5, 5.41) is 0. The Hall–Kier alpha value is -2.70. The van der Waals surface area contributed by atoms with Crippen molar-refractivity contribution in [2.24, 2.45) is 0 Å². The molecule has 0 fully saturated rings. The molecule has 3 heterocycles. The van der Waals surface area contributed by atoms with Gasteiger partial charge in [0.05, 0.1) is 15.6 Å². The van der Waals surface area contributed by atoms with Crippen LogP contribution in [0.3, 0.4) is 0 Å². The minimum atomic E-state index is -0.0271. The highest BCUT2D eigenvalue weighted by Crippen LogP contribution is 2.19. The van der Waals surface area contributed by atoms with Gasteiger partial charge < -0.3 is 4.57 Å². The van der Waals surface area contributed by atoms with E-state index in [-0.39, 0.29) is 5.56 Å². The molecule has 0 spiro atoms. The van der Waals surface area contributed by atoms with Crippen molar-refractivity contribution in [2.75, 3.05) is 0 Å². The molecule has 6 heteroatoms. The van der Waals surface area contributed by atoms with Crippen LogP contribution in [0.4, 0.5) is 0 Å². The maximum absolute atomic E-state index is 12.9. The van der Waals surface area contributed by atoms with Gasteiger partial charge in [-0.1, -0.05) is 45.5 Å². The van der Waals surface area contributed by atoms with E-state index in [1.165, 1.54) is 11.3 Å². The van der Waals surface area contributed by atoms with Crippen molar-refractivity contribution in [2.45, 2.75) is 0 Å². The summed E-state index contributed by atoms with van der Waals surface area (Å²) in [6, 6.07) is 19.8. The number of fused-ring (bicyclic) bond motifs is 3. The Morgan fingerprint density at radius 1 is 1.04 bits per heavy atom. The number of aromatic nitrogens is 3. The molecular formula is C20H12BrN3OS. The van der Waals surface area contributed by atoms with Gasteiger partial charge in [-0.2, -0.15) is 0 Å². The smallest absolute Gasteiger partial charge is 0.275 e. The third-order valence-corrected chi connectivity index (χ3v) is 5.75. The van der Waals surface area contributed by atoms with E-state index >= 15 is 0 Å². The summed E-state index contributed by atoms with van der Waals surface area (Å²) in [5.74, 6) is 0. The van der Waals surface area contributed by atoms with Crippen molar-refractivity contribution in [3.8, 4) is 5.69 Å². The van der Waals surface area contributed by atoms with Crippen LogP contribution >= 0.6 is 27.3 Å². The molecular weight excluding hydrogens is 410 g/mol. The first-order valence-corrected chi connectivity index (χ1v) is 9.67. The van der Waals surface area contributed by atoms with Crippen molar-refractivity contribution in [3.05, 3.63) is 91.9 Å². The van der Waals surface area contributed by atoms with Crippen LogP contribution in [0.1, 0.15) is 5.69 Å². The SMILES string of the molecule is O=c1c(=Cc2cccn2-c2cccc(Br)c2)sc2nc3ccccc3n12. The highest BCUT2D eigenvalue weighted by atomic mass is 79.9. The van der Waals surface area contributed by atoms with Gasteiger partial charge >= 0.3 is 0 Å². The summed E-state index contributed by atoms with van der Waals surface area (Å²) in [6.07, 6.45) is 3.92. The molecule has 0 radical (unpaired) electrons. The summed E-state index contributed by atoms with van der Waals surface area (Å²) in [4.78, 5) is 18.2. The third kappa shape index (κ3) is 2.41. The van der Waals surface area contributed by atoms with Gasteiger partial charge in [0.1, 0.15) is 0 Å². The van der Waals surface area contributed by atoms with Crippen molar-refractivity contribution in [3.63, 3.8) is 0 Å². The van der Waals surface area contributed by atoms with E-state index in [0.717, 1.165) is 31.8 Å². The quantitative estimate of drug-likeness (QED) is 0.431. The van der Waals surface area contributed by atoms with E-state index in [2.05, 4.69) is 25.5 Å².